The molecule has 1 amide bonds. The zero-order chi connectivity index (χ0) is 27.2. The second kappa shape index (κ2) is 12.2. The first-order valence-electron chi connectivity index (χ1n) is 13.2. The van der Waals surface area contributed by atoms with Crippen molar-refractivity contribution in [3.8, 4) is 23.0 Å². The number of aromatic hydroxyl groups is 1. The van der Waals surface area contributed by atoms with Gasteiger partial charge in [0.05, 0.1) is 7.11 Å². The molecule has 0 spiro atoms. The normalized spacial score (nSPS) is 17.5. The molecule has 1 heterocycles. The molecule has 1 fully saturated rings. The Balaban J connectivity index is 1.32. The van der Waals surface area contributed by atoms with Crippen molar-refractivity contribution in [1.29, 1.82) is 0 Å². The van der Waals surface area contributed by atoms with Crippen LogP contribution in [0.2, 0.25) is 0 Å². The average molecular weight is 518 g/mol. The molecule has 4 rings (SSSR count). The Bertz CT molecular complexity index is 1250. The molecule has 1 aliphatic rings. The van der Waals surface area contributed by atoms with Crippen molar-refractivity contribution in [2.75, 3.05) is 38.2 Å². The number of hydrogen-bond donors (Lipinski definition) is 2. The third-order valence-corrected chi connectivity index (χ3v) is 7.27. The standard InChI is InChI=1S/C31H39N3O4/c1-21-8-6-11-28(16-21)38-29-13-12-25(17-30(29)37-5)31(36)32-24(4)22(2)19-33-14-15-34(23(3)20-33)26-9-7-10-27(35)18-26/h6-13,16-18,22-24,35H,14-15,19-20H2,1-5H3,(H,32,36)/t22?,23-,24-/m0/s1. The van der Waals surface area contributed by atoms with E-state index in [1.165, 1.54) is 0 Å². The molecule has 3 aromatic carbocycles. The predicted octanol–water partition coefficient (Wildman–Crippen LogP) is 5.47. The fourth-order valence-corrected chi connectivity index (χ4v) is 4.95. The lowest BCUT2D eigenvalue weighted by atomic mass is 10.0. The molecule has 3 aromatic rings. The van der Waals surface area contributed by atoms with Gasteiger partial charge < -0.3 is 24.8 Å². The van der Waals surface area contributed by atoms with Gasteiger partial charge in [-0.15, -0.1) is 0 Å². The van der Waals surface area contributed by atoms with Crippen LogP contribution in [0, 0.1) is 12.8 Å². The van der Waals surface area contributed by atoms with Crippen LogP contribution in [0.15, 0.2) is 66.7 Å². The number of benzene rings is 3. The molecular formula is C31H39N3O4. The van der Waals surface area contributed by atoms with E-state index in [-0.39, 0.29) is 17.9 Å². The van der Waals surface area contributed by atoms with Gasteiger partial charge in [0.1, 0.15) is 11.5 Å². The Morgan fingerprint density at radius 1 is 1.05 bits per heavy atom. The summed E-state index contributed by atoms with van der Waals surface area (Å²) in [6.07, 6.45) is 0. The number of methoxy groups -OCH3 is 1. The van der Waals surface area contributed by atoms with Crippen LogP contribution in [0.5, 0.6) is 23.0 Å². The van der Waals surface area contributed by atoms with Gasteiger partial charge in [-0.1, -0.05) is 25.1 Å². The van der Waals surface area contributed by atoms with Gasteiger partial charge in [-0.3, -0.25) is 9.69 Å². The summed E-state index contributed by atoms with van der Waals surface area (Å²) in [4.78, 5) is 17.9. The van der Waals surface area contributed by atoms with Gasteiger partial charge in [-0.25, -0.2) is 0 Å². The number of nitrogens with one attached hydrogen (secondary N) is 1. The van der Waals surface area contributed by atoms with Gasteiger partial charge in [0, 0.05) is 55.6 Å². The van der Waals surface area contributed by atoms with Crippen molar-refractivity contribution in [3.63, 3.8) is 0 Å². The summed E-state index contributed by atoms with van der Waals surface area (Å²) in [5.41, 5.74) is 2.69. The maximum atomic E-state index is 13.1. The van der Waals surface area contributed by atoms with Crippen LogP contribution in [0.25, 0.3) is 0 Å². The van der Waals surface area contributed by atoms with E-state index < -0.39 is 0 Å². The van der Waals surface area contributed by atoms with E-state index in [1.807, 2.05) is 49.4 Å². The van der Waals surface area contributed by atoms with Gasteiger partial charge in [-0.2, -0.15) is 0 Å². The van der Waals surface area contributed by atoms with Crippen LogP contribution >= 0.6 is 0 Å². The van der Waals surface area contributed by atoms with Crippen LogP contribution in [-0.2, 0) is 0 Å². The molecular weight excluding hydrogens is 478 g/mol. The molecule has 0 aromatic heterocycles. The second-order valence-electron chi connectivity index (χ2n) is 10.3. The summed E-state index contributed by atoms with van der Waals surface area (Å²) >= 11 is 0. The summed E-state index contributed by atoms with van der Waals surface area (Å²) < 4.78 is 11.5. The van der Waals surface area contributed by atoms with E-state index in [2.05, 4.69) is 35.9 Å². The van der Waals surface area contributed by atoms with Crippen molar-refractivity contribution >= 4 is 11.6 Å². The highest BCUT2D eigenvalue weighted by molar-refractivity contribution is 5.95. The predicted molar refractivity (Wildman–Crippen MR) is 152 cm³/mol. The van der Waals surface area contributed by atoms with E-state index >= 15 is 0 Å². The topological polar surface area (TPSA) is 74.3 Å². The van der Waals surface area contributed by atoms with Crippen LogP contribution in [0.3, 0.4) is 0 Å². The van der Waals surface area contributed by atoms with Crippen molar-refractivity contribution < 1.29 is 19.4 Å². The first-order valence-corrected chi connectivity index (χ1v) is 13.2. The quantitative estimate of drug-likeness (QED) is 0.392. The van der Waals surface area contributed by atoms with Gasteiger partial charge in [-0.05, 0) is 74.7 Å². The maximum absolute atomic E-state index is 13.1. The Labute approximate surface area is 226 Å². The lowest BCUT2D eigenvalue weighted by molar-refractivity contribution is 0.0917. The highest BCUT2D eigenvalue weighted by Gasteiger charge is 2.27. The summed E-state index contributed by atoms with van der Waals surface area (Å²) in [6.45, 7) is 12.1. The lowest BCUT2D eigenvalue weighted by Gasteiger charge is -2.42. The van der Waals surface area contributed by atoms with Crippen molar-refractivity contribution in [2.24, 2.45) is 5.92 Å². The number of ether oxygens (including phenoxy) is 2. The van der Waals surface area contributed by atoms with E-state index in [1.54, 1.807) is 31.4 Å². The zero-order valence-corrected chi connectivity index (χ0v) is 23.0. The molecule has 0 aliphatic carbocycles. The largest absolute Gasteiger partial charge is 0.508 e. The molecule has 7 nitrogen and oxygen atoms in total. The summed E-state index contributed by atoms with van der Waals surface area (Å²) in [5.74, 6) is 2.23. The number of carbonyl (C=O) groups excluding carboxylic acids is 1. The third kappa shape index (κ3) is 6.78. The summed E-state index contributed by atoms with van der Waals surface area (Å²) in [5, 5.41) is 13.0. The SMILES string of the molecule is COc1cc(C(=O)N[C@@H](C)C(C)CN2CCN(c3cccc(O)c3)[C@@H](C)C2)ccc1Oc1cccc(C)c1. The minimum absolute atomic E-state index is 0.00359. The van der Waals surface area contributed by atoms with E-state index in [9.17, 15) is 9.90 Å². The number of piperazine rings is 1. The maximum Gasteiger partial charge on any atom is 0.251 e. The van der Waals surface area contributed by atoms with E-state index in [0.29, 0.717) is 28.9 Å². The number of anilines is 1. The van der Waals surface area contributed by atoms with Crippen molar-refractivity contribution in [1.82, 2.24) is 10.2 Å². The van der Waals surface area contributed by atoms with Crippen LogP contribution in [-0.4, -0.2) is 61.3 Å². The third-order valence-electron chi connectivity index (χ3n) is 7.27. The molecule has 0 radical (unpaired) electrons. The van der Waals surface area contributed by atoms with E-state index in [0.717, 1.165) is 43.2 Å². The fourth-order valence-electron chi connectivity index (χ4n) is 4.95. The average Bonchev–Trinajstić information content (AvgIpc) is 2.89. The molecule has 2 N–H and O–H groups in total. The number of rotatable bonds is 9. The number of nitrogens with zero attached hydrogens (tertiary/aromatic N) is 2. The molecule has 0 saturated carbocycles. The van der Waals surface area contributed by atoms with Gasteiger partial charge in [0.2, 0.25) is 0 Å². The molecule has 1 unspecified atom stereocenters. The Kier molecular flexibility index (Phi) is 8.79. The first kappa shape index (κ1) is 27.3. The van der Waals surface area contributed by atoms with E-state index in [4.69, 9.17) is 9.47 Å². The van der Waals surface area contributed by atoms with Crippen LogP contribution in [0.4, 0.5) is 5.69 Å². The lowest BCUT2D eigenvalue weighted by Crippen LogP contribution is -2.54. The first-order chi connectivity index (χ1) is 18.2. The van der Waals surface area contributed by atoms with Crippen molar-refractivity contribution in [2.45, 2.75) is 39.8 Å². The molecule has 0 bridgehead atoms. The Morgan fingerprint density at radius 2 is 1.84 bits per heavy atom. The fraction of sp³-hybridized carbons (Fsp3) is 0.387. The number of phenolic OH excluding ortho intramolecular Hbond substituents is 1. The van der Waals surface area contributed by atoms with Gasteiger partial charge in [0.25, 0.3) is 5.91 Å². The van der Waals surface area contributed by atoms with Crippen LogP contribution < -0.4 is 19.7 Å². The summed E-state index contributed by atoms with van der Waals surface area (Å²) in [7, 11) is 1.58. The molecule has 202 valence electrons. The number of carbonyl (C=O) groups is 1. The Morgan fingerprint density at radius 3 is 2.55 bits per heavy atom. The smallest absolute Gasteiger partial charge is 0.251 e. The number of hydrogen-bond acceptors (Lipinski definition) is 6. The highest BCUT2D eigenvalue weighted by atomic mass is 16.5. The molecule has 1 saturated heterocycles. The Hall–Kier alpha value is -3.71. The van der Waals surface area contributed by atoms with Gasteiger partial charge >= 0.3 is 0 Å². The summed E-state index contributed by atoms with van der Waals surface area (Å²) in [6, 6.07) is 20.8. The number of phenols is 1. The minimum atomic E-state index is -0.133. The minimum Gasteiger partial charge on any atom is -0.508 e. The van der Waals surface area contributed by atoms with Crippen molar-refractivity contribution in [3.05, 3.63) is 77.9 Å². The number of amides is 1. The van der Waals surface area contributed by atoms with Crippen LogP contribution in [0.1, 0.15) is 36.7 Å². The van der Waals surface area contributed by atoms with Gasteiger partial charge in [0.15, 0.2) is 11.5 Å². The monoisotopic (exact) mass is 517 g/mol. The molecule has 38 heavy (non-hydrogen) atoms. The molecule has 3 atom stereocenters. The highest BCUT2D eigenvalue weighted by Crippen LogP contribution is 2.33. The molecule has 1 aliphatic heterocycles. The second-order valence-corrected chi connectivity index (χ2v) is 10.3. The zero-order valence-electron chi connectivity index (χ0n) is 23.0. The number of aryl methyl sites for hydroxylation is 1. The molecule has 7 heteroatoms.